The average molecular weight is 346 g/mol. The molecule has 1 aliphatic heterocycles. The number of benzene rings is 1. The molecule has 128 valence electrons. The molecule has 7 heteroatoms. The van der Waals surface area contributed by atoms with E-state index in [9.17, 15) is 8.42 Å². The van der Waals surface area contributed by atoms with E-state index in [-0.39, 0.29) is 4.90 Å². The van der Waals surface area contributed by atoms with E-state index in [1.165, 1.54) is 28.2 Å². The highest BCUT2D eigenvalue weighted by atomic mass is 32.2. The molecule has 6 nitrogen and oxygen atoms in total. The maximum Gasteiger partial charge on any atom is 0.243 e. The fourth-order valence-corrected chi connectivity index (χ4v) is 3.79. The largest absolute Gasteiger partial charge is 0.298 e. The first-order valence-electron chi connectivity index (χ1n) is 8.00. The average Bonchev–Trinajstić information content (AvgIpc) is 3.04. The van der Waals surface area contributed by atoms with E-state index in [1.54, 1.807) is 7.05 Å². The molecule has 2 heterocycles. The van der Waals surface area contributed by atoms with Crippen LogP contribution in [0.5, 0.6) is 0 Å². The molecule has 2 aromatic rings. The van der Waals surface area contributed by atoms with Gasteiger partial charge in [-0.2, -0.15) is 5.10 Å². The lowest BCUT2D eigenvalue weighted by Crippen LogP contribution is -2.37. The molecule has 1 N–H and O–H groups in total. The summed E-state index contributed by atoms with van der Waals surface area (Å²) in [5.41, 5.74) is 2.64. The molecule has 1 aromatic carbocycles. The van der Waals surface area contributed by atoms with Crippen molar-refractivity contribution >= 4 is 15.6 Å². The van der Waals surface area contributed by atoms with Crippen molar-refractivity contribution in [2.24, 2.45) is 7.05 Å². The van der Waals surface area contributed by atoms with Crippen LogP contribution in [-0.2, 0) is 17.1 Å². The summed E-state index contributed by atoms with van der Waals surface area (Å²) in [6.45, 7) is 2.87. The maximum absolute atomic E-state index is 12.1. The first kappa shape index (κ1) is 16.9. The molecule has 0 atom stereocenters. The number of sulfonamides is 1. The predicted molar refractivity (Wildman–Crippen MR) is 93.9 cm³/mol. The zero-order chi connectivity index (χ0) is 17.0. The summed E-state index contributed by atoms with van der Waals surface area (Å²) in [5.74, 6) is 0. The van der Waals surface area contributed by atoms with Crippen molar-refractivity contribution in [2.45, 2.75) is 11.3 Å². The second-order valence-corrected chi connectivity index (χ2v) is 7.66. The van der Waals surface area contributed by atoms with Gasteiger partial charge in [0.1, 0.15) is 4.90 Å². The quantitative estimate of drug-likeness (QED) is 0.860. The fourth-order valence-electron chi connectivity index (χ4n) is 2.79. The van der Waals surface area contributed by atoms with Gasteiger partial charge < -0.3 is 0 Å². The smallest absolute Gasteiger partial charge is 0.243 e. The molecule has 3 rings (SSSR count). The lowest BCUT2D eigenvalue weighted by Gasteiger charge is -2.26. The normalized spacial score (nSPS) is 16.1. The summed E-state index contributed by atoms with van der Waals surface area (Å²) in [6.07, 6.45) is 6.07. The van der Waals surface area contributed by atoms with Crippen LogP contribution in [0.25, 0.3) is 5.57 Å². The minimum Gasteiger partial charge on any atom is -0.298 e. The number of hydrogen-bond acceptors (Lipinski definition) is 4. The molecular weight excluding hydrogens is 324 g/mol. The molecule has 0 saturated carbocycles. The molecule has 0 unspecified atom stereocenters. The summed E-state index contributed by atoms with van der Waals surface area (Å²) >= 11 is 0. The third kappa shape index (κ3) is 4.11. The maximum atomic E-state index is 12.1. The van der Waals surface area contributed by atoms with Crippen LogP contribution in [0, 0.1) is 0 Å². The van der Waals surface area contributed by atoms with E-state index in [2.05, 4.69) is 45.1 Å². The van der Waals surface area contributed by atoms with E-state index in [0.29, 0.717) is 13.1 Å². The van der Waals surface area contributed by atoms with Crippen LogP contribution in [0.2, 0.25) is 0 Å². The zero-order valence-corrected chi connectivity index (χ0v) is 14.5. The van der Waals surface area contributed by atoms with Gasteiger partial charge in [0, 0.05) is 39.4 Å². The summed E-state index contributed by atoms with van der Waals surface area (Å²) in [7, 11) is -1.77. The van der Waals surface area contributed by atoms with Gasteiger partial charge in [-0.3, -0.25) is 9.58 Å². The van der Waals surface area contributed by atoms with Gasteiger partial charge in [0.05, 0.1) is 6.20 Å². The van der Waals surface area contributed by atoms with Crippen molar-refractivity contribution in [2.75, 3.05) is 26.2 Å². The van der Waals surface area contributed by atoms with Crippen LogP contribution in [-0.4, -0.2) is 49.3 Å². The Morgan fingerprint density at radius 2 is 2.04 bits per heavy atom. The molecule has 0 saturated heterocycles. The summed E-state index contributed by atoms with van der Waals surface area (Å²) in [4.78, 5) is 2.45. The van der Waals surface area contributed by atoms with Crippen LogP contribution >= 0.6 is 0 Å². The molecular formula is C17H22N4O2S. The molecule has 1 aliphatic rings. The number of rotatable bonds is 6. The minimum atomic E-state index is -3.47. The Morgan fingerprint density at radius 3 is 2.67 bits per heavy atom. The molecule has 0 spiro atoms. The van der Waals surface area contributed by atoms with Gasteiger partial charge in [0.2, 0.25) is 10.0 Å². The Balaban J connectivity index is 1.49. The minimum absolute atomic E-state index is 0.204. The topological polar surface area (TPSA) is 67.2 Å². The Bertz CT molecular complexity index is 812. The van der Waals surface area contributed by atoms with Crippen molar-refractivity contribution in [3.63, 3.8) is 0 Å². The fraction of sp³-hybridized carbons (Fsp3) is 0.353. The van der Waals surface area contributed by atoms with Crippen LogP contribution in [0.1, 0.15) is 12.0 Å². The zero-order valence-electron chi connectivity index (χ0n) is 13.7. The third-order valence-corrected chi connectivity index (χ3v) is 5.57. The predicted octanol–water partition coefficient (Wildman–Crippen LogP) is 1.49. The first-order chi connectivity index (χ1) is 11.5. The highest BCUT2D eigenvalue weighted by Crippen LogP contribution is 2.21. The Morgan fingerprint density at radius 1 is 1.25 bits per heavy atom. The molecule has 24 heavy (non-hydrogen) atoms. The van der Waals surface area contributed by atoms with Crippen molar-refractivity contribution in [1.29, 1.82) is 0 Å². The van der Waals surface area contributed by atoms with E-state index < -0.39 is 10.0 Å². The Kier molecular flexibility index (Phi) is 5.13. The van der Waals surface area contributed by atoms with E-state index in [4.69, 9.17) is 0 Å². The summed E-state index contributed by atoms with van der Waals surface area (Å²) < 4.78 is 28.4. The summed E-state index contributed by atoms with van der Waals surface area (Å²) in [5, 5.41) is 3.90. The molecule has 0 aliphatic carbocycles. The SMILES string of the molecule is Cn1cc(S(=O)(=O)NCCN2CC=C(c3ccccc3)CC2)cn1. The van der Waals surface area contributed by atoms with Crippen molar-refractivity contribution in [3.8, 4) is 0 Å². The second-order valence-electron chi connectivity index (χ2n) is 5.89. The van der Waals surface area contributed by atoms with E-state index in [0.717, 1.165) is 19.5 Å². The molecule has 1 aromatic heterocycles. The van der Waals surface area contributed by atoms with Gasteiger partial charge in [-0.25, -0.2) is 13.1 Å². The van der Waals surface area contributed by atoms with Crippen molar-refractivity contribution in [1.82, 2.24) is 19.4 Å². The highest BCUT2D eigenvalue weighted by Gasteiger charge is 2.17. The van der Waals surface area contributed by atoms with Gasteiger partial charge in [0.25, 0.3) is 0 Å². The molecule has 0 amide bonds. The molecule has 0 fully saturated rings. The van der Waals surface area contributed by atoms with Gasteiger partial charge >= 0.3 is 0 Å². The van der Waals surface area contributed by atoms with Crippen molar-refractivity contribution in [3.05, 3.63) is 54.4 Å². The van der Waals surface area contributed by atoms with E-state index >= 15 is 0 Å². The lowest BCUT2D eigenvalue weighted by atomic mass is 10.00. The lowest BCUT2D eigenvalue weighted by molar-refractivity contribution is 0.307. The Hall–Kier alpha value is -1.96. The Labute approximate surface area is 142 Å². The number of aromatic nitrogens is 2. The van der Waals surface area contributed by atoms with Crippen molar-refractivity contribution < 1.29 is 8.42 Å². The molecule has 0 radical (unpaired) electrons. The third-order valence-electron chi connectivity index (χ3n) is 4.15. The van der Waals surface area contributed by atoms with Crippen LogP contribution in [0.3, 0.4) is 0 Å². The number of aryl methyl sites for hydroxylation is 1. The first-order valence-corrected chi connectivity index (χ1v) is 9.48. The van der Waals surface area contributed by atoms with Gasteiger partial charge in [0.15, 0.2) is 0 Å². The second kappa shape index (κ2) is 7.29. The van der Waals surface area contributed by atoms with Gasteiger partial charge in [-0.05, 0) is 17.6 Å². The molecule has 0 bridgehead atoms. The van der Waals surface area contributed by atoms with E-state index in [1.807, 2.05) is 6.07 Å². The van der Waals surface area contributed by atoms with Crippen LogP contribution < -0.4 is 4.72 Å². The standard InChI is InChI=1S/C17H22N4O2S/c1-20-14-17(13-18-20)24(22,23)19-9-12-21-10-7-16(8-11-21)15-5-3-2-4-6-15/h2-7,13-14,19H,8-12H2,1H3. The van der Waals surface area contributed by atoms with Crippen LogP contribution in [0.4, 0.5) is 0 Å². The van der Waals surface area contributed by atoms with Gasteiger partial charge in [-0.1, -0.05) is 36.4 Å². The number of nitrogens with one attached hydrogen (secondary N) is 1. The number of hydrogen-bond donors (Lipinski definition) is 1. The highest BCUT2D eigenvalue weighted by molar-refractivity contribution is 7.89. The monoisotopic (exact) mass is 346 g/mol. The van der Waals surface area contributed by atoms with Crippen LogP contribution in [0.15, 0.2) is 53.7 Å². The summed E-state index contributed by atoms with van der Waals surface area (Å²) in [6, 6.07) is 10.4. The van der Waals surface area contributed by atoms with Gasteiger partial charge in [-0.15, -0.1) is 0 Å². The number of nitrogens with zero attached hydrogens (tertiary/aromatic N) is 3.